The lowest BCUT2D eigenvalue weighted by molar-refractivity contribution is 0.0816. The van der Waals surface area contributed by atoms with Gasteiger partial charge in [0.1, 0.15) is 0 Å². The standard InChI is InChI=1S/C18H23NO3/c20-11-10-19-9-3-8-18(19)7-2-1-4-15(18)14-5-6-16-17(12-14)22-13-21-16/h1-2,5-6,12,15,20H,3-4,7-11,13H2/t15-,18+/m0/s1. The Balaban J connectivity index is 1.70. The molecule has 22 heavy (non-hydrogen) atoms. The number of hydrogen-bond donors (Lipinski definition) is 1. The summed E-state index contributed by atoms with van der Waals surface area (Å²) >= 11 is 0. The van der Waals surface area contributed by atoms with Gasteiger partial charge in [-0.3, -0.25) is 4.90 Å². The number of hydrogen-bond acceptors (Lipinski definition) is 4. The highest BCUT2D eigenvalue weighted by atomic mass is 16.7. The van der Waals surface area contributed by atoms with E-state index in [1.54, 1.807) is 0 Å². The molecule has 1 aromatic carbocycles. The molecule has 0 radical (unpaired) electrons. The second-order valence-corrected chi connectivity index (χ2v) is 6.49. The first kappa shape index (κ1) is 14.1. The molecule has 1 N–H and O–H groups in total. The molecule has 2 heterocycles. The average Bonchev–Trinajstić information content (AvgIpc) is 3.16. The number of β-amino-alcohol motifs (C(OH)–C–C–N with tert-alkyl or cyclic N) is 1. The maximum Gasteiger partial charge on any atom is 0.231 e. The smallest absolute Gasteiger partial charge is 0.231 e. The third-order valence-electron chi connectivity index (χ3n) is 5.49. The monoisotopic (exact) mass is 301 g/mol. The SMILES string of the molecule is OCCN1CCC[C@@]12CC=CC[C@H]2c1ccc2c(c1)OCO2. The Bertz CT molecular complexity index is 586. The molecule has 1 saturated heterocycles. The van der Waals surface area contributed by atoms with Gasteiger partial charge in [-0.25, -0.2) is 0 Å². The van der Waals surface area contributed by atoms with Crippen molar-refractivity contribution in [2.45, 2.75) is 37.1 Å². The molecule has 0 bridgehead atoms. The number of aliphatic hydroxyl groups excluding tert-OH is 1. The highest BCUT2D eigenvalue weighted by Gasteiger charge is 2.47. The van der Waals surface area contributed by atoms with Crippen molar-refractivity contribution in [1.82, 2.24) is 4.90 Å². The van der Waals surface area contributed by atoms with Crippen molar-refractivity contribution >= 4 is 0 Å². The van der Waals surface area contributed by atoms with Gasteiger partial charge in [-0.2, -0.15) is 0 Å². The predicted molar refractivity (Wildman–Crippen MR) is 84.3 cm³/mol. The zero-order valence-electron chi connectivity index (χ0n) is 12.8. The van der Waals surface area contributed by atoms with E-state index >= 15 is 0 Å². The van der Waals surface area contributed by atoms with E-state index in [9.17, 15) is 5.11 Å². The molecule has 2 atom stereocenters. The van der Waals surface area contributed by atoms with Crippen LogP contribution in [-0.2, 0) is 0 Å². The van der Waals surface area contributed by atoms with Crippen molar-refractivity contribution < 1.29 is 14.6 Å². The van der Waals surface area contributed by atoms with Gasteiger partial charge in [0.05, 0.1) is 6.61 Å². The summed E-state index contributed by atoms with van der Waals surface area (Å²) in [5.41, 5.74) is 1.49. The zero-order valence-corrected chi connectivity index (χ0v) is 12.8. The molecule has 1 aliphatic carbocycles. The summed E-state index contributed by atoms with van der Waals surface area (Å²) in [6.07, 6.45) is 9.17. The molecule has 0 saturated carbocycles. The zero-order chi connectivity index (χ0) is 15.0. The number of likely N-dealkylation sites (tertiary alicyclic amines) is 1. The summed E-state index contributed by atoms with van der Waals surface area (Å²) in [6, 6.07) is 6.38. The Kier molecular flexibility index (Phi) is 3.59. The predicted octanol–water partition coefficient (Wildman–Crippen LogP) is 2.68. The molecule has 118 valence electrons. The number of ether oxygens (including phenoxy) is 2. The average molecular weight is 301 g/mol. The minimum absolute atomic E-state index is 0.158. The van der Waals surface area contributed by atoms with Crippen molar-refractivity contribution in [1.29, 1.82) is 0 Å². The van der Waals surface area contributed by atoms with Crippen LogP contribution in [0.25, 0.3) is 0 Å². The number of rotatable bonds is 3. The number of allylic oxidation sites excluding steroid dienone is 1. The lowest BCUT2D eigenvalue weighted by atomic mass is 9.70. The molecular weight excluding hydrogens is 278 g/mol. The molecule has 1 spiro atoms. The molecule has 0 amide bonds. The van der Waals surface area contributed by atoms with E-state index in [0.29, 0.717) is 12.7 Å². The highest BCUT2D eigenvalue weighted by molar-refractivity contribution is 5.46. The lowest BCUT2D eigenvalue weighted by Gasteiger charge is -2.46. The molecule has 0 aromatic heterocycles. The number of aliphatic hydroxyl groups is 1. The van der Waals surface area contributed by atoms with E-state index in [4.69, 9.17) is 9.47 Å². The van der Waals surface area contributed by atoms with Gasteiger partial charge in [-0.1, -0.05) is 18.2 Å². The normalized spacial score (nSPS) is 30.3. The van der Waals surface area contributed by atoms with Gasteiger partial charge < -0.3 is 14.6 Å². The summed E-state index contributed by atoms with van der Waals surface area (Å²) in [5, 5.41) is 9.43. The van der Waals surface area contributed by atoms with E-state index in [2.05, 4.69) is 29.2 Å². The highest BCUT2D eigenvalue weighted by Crippen LogP contribution is 2.49. The van der Waals surface area contributed by atoms with Crippen LogP contribution < -0.4 is 9.47 Å². The second kappa shape index (κ2) is 5.60. The van der Waals surface area contributed by atoms with Gasteiger partial charge in [0.25, 0.3) is 0 Å². The first-order chi connectivity index (χ1) is 10.8. The van der Waals surface area contributed by atoms with Crippen LogP contribution in [0.5, 0.6) is 11.5 Å². The van der Waals surface area contributed by atoms with Crippen LogP contribution in [0.15, 0.2) is 30.4 Å². The summed E-state index contributed by atoms with van der Waals surface area (Å²) in [6.45, 7) is 2.43. The van der Waals surface area contributed by atoms with Gasteiger partial charge in [0.15, 0.2) is 11.5 Å². The fourth-order valence-electron chi connectivity index (χ4n) is 4.50. The van der Waals surface area contributed by atoms with Gasteiger partial charge in [-0.05, 0) is 49.9 Å². The molecule has 0 unspecified atom stereocenters. The molecule has 1 fully saturated rings. The summed E-state index contributed by atoms with van der Waals surface area (Å²) in [5.74, 6) is 2.18. The molecule has 4 nitrogen and oxygen atoms in total. The fourth-order valence-corrected chi connectivity index (χ4v) is 4.50. The summed E-state index contributed by atoms with van der Waals surface area (Å²) in [4.78, 5) is 2.51. The molecular formula is C18H23NO3. The van der Waals surface area contributed by atoms with Crippen LogP contribution in [-0.4, -0.2) is 42.0 Å². The topological polar surface area (TPSA) is 41.9 Å². The minimum atomic E-state index is 0.158. The Labute approximate surface area is 131 Å². The Hall–Kier alpha value is -1.52. The molecule has 3 aliphatic rings. The van der Waals surface area contributed by atoms with Crippen LogP contribution in [0, 0.1) is 0 Å². The second-order valence-electron chi connectivity index (χ2n) is 6.49. The summed E-state index contributed by atoms with van der Waals surface area (Å²) < 4.78 is 11.0. The Morgan fingerprint density at radius 2 is 2.14 bits per heavy atom. The summed E-state index contributed by atoms with van der Waals surface area (Å²) in [7, 11) is 0. The fraction of sp³-hybridized carbons (Fsp3) is 0.556. The van der Waals surface area contributed by atoms with E-state index in [0.717, 1.165) is 37.4 Å². The molecule has 4 rings (SSSR count). The van der Waals surface area contributed by atoms with E-state index in [1.807, 2.05) is 6.07 Å². The first-order valence-corrected chi connectivity index (χ1v) is 8.24. The van der Waals surface area contributed by atoms with Crippen molar-refractivity contribution in [2.75, 3.05) is 26.5 Å². The van der Waals surface area contributed by atoms with Gasteiger partial charge in [0, 0.05) is 18.0 Å². The first-order valence-electron chi connectivity index (χ1n) is 8.24. The van der Waals surface area contributed by atoms with Crippen LogP contribution >= 0.6 is 0 Å². The van der Waals surface area contributed by atoms with Crippen molar-refractivity contribution in [3.8, 4) is 11.5 Å². The largest absolute Gasteiger partial charge is 0.454 e. The molecule has 1 aromatic rings. The van der Waals surface area contributed by atoms with Crippen LogP contribution in [0.2, 0.25) is 0 Å². The van der Waals surface area contributed by atoms with Crippen molar-refractivity contribution in [3.63, 3.8) is 0 Å². The molecule has 2 aliphatic heterocycles. The number of nitrogens with zero attached hydrogens (tertiary/aromatic N) is 1. The van der Waals surface area contributed by atoms with Gasteiger partial charge in [-0.15, -0.1) is 0 Å². The van der Waals surface area contributed by atoms with Crippen LogP contribution in [0.4, 0.5) is 0 Å². The Morgan fingerprint density at radius 1 is 1.23 bits per heavy atom. The number of fused-ring (bicyclic) bond motifs is 1. The van der Waals surface area contributed by atoms with E-state index in [1.165, 1.54) is 18.4 Å². The van der Waals surface area contributed by atoms with Crippen LogP contribution in [0.1, 0.15) is 37.2 Å². The third-order valence-corrected chi connectivity index (χ3v) is 5.49. The van der Waals surface area contributed by atoms with E-state index < -0.39 is 0 Å². The van der Waals surface area contributed by atoms with Gasteiger partial charge in [0.2, 0.25) is 6.79 Å². The molecule has 4 heteroatoms. The van der Waals surface area contributed by atoms with E-state index in [-0.39, 0.29) is 12.1 Å². The van der Waals surface area contributed by atoms with Crippen molar-refractivity contribution in [3.05, 3.63) is 35.9 Å². The minimum Gasteiger partial charge on any atom is -0.454 e. The van der Waals surface area contributed by atoms with Crippen LogP contribution in [0.3, 0.4) is 0 Å². The van der Waals surface area contributed by atoms with Gasteiger partial charge >= 0.3 is 0 Å². The van der Waals surface area contributed by atoms with Crippen molar-refractivity contribution in [2.24, 2.45) is 0 Å². The quantitative estimate of drug-likeness (QED) is 0.872. The Morgan fingerprint density at radius 3 is 3.05 bits per heavy atom. The maximum absolute atomic E-state index is 9.43. The maximum atomic E-state index is 9.43. The number of benzene rings is 1. The third kappa shape index (κ3) is 2.13. The lowest BCUT2D eigenvalue weighted by Crippen LogP contribution is -2.50.